The van der Waals surface area contributed by atoms with Gasteiger partial charge in [0.05, 0.1) is 0 Å². The summed E-state index contributed by atoms with van der Waals surface area (Å²) in [6, 6.07) is 48.2. The average molecular weight is 593 g/mol. The first-order chi connectivity index (χ1) is 22.8. The summed E-state index contributed by atoms with van der Waals surface area (Å²) in [6.07, 6.45) is 7.63. The lowest BCUT2D eigenvalue weighted by atomic mass is 9.99. The Labute approximate surface area is 266 Å². The number of nitrogens with zero attached hydrogens (tertiary/aromatic N) is 2. The van der Waals surface area contributed by atoms with E-state index in [-0.39, 0.29) is 0 Å². The minimum Gasteiger partial charge on any atom is -0.456 e. The van der Waals surface area contributed by atoms with Crippen molar-refractivity contribution in [3.8, 4) is 22.6 Å². The number of benzene rings is 6. The van der Waals surface area contributed by atoms with Gasteiger partial charge in [0.15, 0.2) is 5.58 Å². The van der Waals surface area contributed by atoms with E-state index in [1.54, 1.807) is 0 Å². The number of rotatable bonds is 5. The van der Waals surface area contributed by atoms with Crippen LogP contribution in [0.5, 0.6) is 0 Å². The quantitative estimate of drug-likeness (QED) is 0.199. The fourth-order valence-electron chi connectivity index (χ4n) is 6.51. The Hall–Kier alpha value is -6.13. The molecule has 0 atom stereocenters. The molecule has 0 bridgehead atoms. The van der Waals surface area contributed by atoms with Gasteiger partial charge in [0, 0.05) is 39.5 Å². The second-order valence-electron chi connectivity index (χ2n) is 11.6. The van der Waals surface area contributed by atoms with Crippen LogP contribution in [0.3, 0.4) is 0 Å². The molecule has 0 saturated carbocycles. The molecule has 6 aromatic carbocycles. The fourth-order valence-corrected chi connectivity index (χ4v) is 6.51. The van der Waals surface area contributed by atoms with Crippen molar-refractivity contribution in [1.82, 2.24) is 4.98 Å². The number of anilines is 2. The number of aromatic nitrogens is 1. The summed E-state index contributed by atoms with van der Waals surface area (Å²) in [4.78, 5) is 7.15. The van der Waals surface area contributed by atoms with Gasteiger partial charge in [-0.3, -0.25) is 0 Å². The molecule has 1 aliphatic rings. The van der Waals surface area contributed by atoms with Crippen molar-refractivity contribution in [3.05, 3.63) is 169 Å². The Morgan fingerprint density at radius 3 is 2.17 bits per heavy atom. The Balaban J connectivity index is 1.13. The minimum atomic E-state index is 0.605. The number of para-hydroxylation sites is 1. The molecule has 9 rings (SSSR count). The third-order valence-electron chi connectivity index (χ3n) is 8.75. The molecule has 4 nitrogen and oxygen atoms in total. The highest BCUT2D eigenvalue weighted by molar-refractivity contribution is 6.15. The van der Waals surface area contributed by atoms with Crippen LogP contribution in [0, 0.1) is 0 Å². The summed E-state index contributed by atoms with van der Waals surface area (Å²) >= 11 is 0. The SMILES string of the molecule is C1=Cc2ccccc2CC=C1N(c1ccccc1)c1ccc(-c2cccc3oc4cc5oc(-c6ccccc6)nc5cc4c23)cc1. The number of allylic oxidation sites excluding steroid dienone is 2. The zero-order valence-corrected chi connectivity index (χ0v) is 24.9. The lowest BCUT2D eigenvalue weighted by Crippen LogP contribution is -2.15. The van der Waals surface area contributed by atoms with Crippen LogP contribution in [0.25, 0.3) is 61.7 Å². The Kier molecular flexibility index (Phi) is 6.17. The average Bonchev–Trinajstić information content (AvgIpc) is 3.63. The molecule has 0 N–H and O–H groups in total. The van der Waals surface area contributed by atoms with Gasteiger partial charge in [0.25, 0.3) is 0 Å². The van der Waals surface area contributed by atoms with Gasteiger partial charge in [0.2, 0.25) is 5.89 Å². The molecule has 0 aliphatic heterocycles. The molecule has 46 heavy (non-hydrogen) atoms. The number of oxazole rings is 1. The van der Waals surface area contributed by atoms with Crippen molar-refractivity contribution >= 4 is 50.5 Å². The standard InChI is InChI=1S/C42H28N2O2/c1-3-12-31(13-4-1)42-43-37-26-36-39(27-40(37)46-42)45-38-17-9-16-35(41(36)38)30-20-24-34(25-21-30)44(32-14-5-2-6-15-32)33-22-18-28-10-7-8-11-29(28)19-23-33/h1-18,20-27H,19H2. The maximum absolute atomic E-state index is 6.36. The smallest absolute Gasteiger partial charge is 0.227 e. The summed E-state index contributed by atoms with van der Waals surface area (Å²) in [5, 5.41) is 2.10. The van der Waals surface area contributed by atoms with E-state index in [2.05, 4.69) is 120 Å². The predicted octanol–water partition coefficient (Wildman–Crippen LogP) is 11.4. The fraction of sp³-hybridized carbons (Fsp3) is 0.0238. The highest BCUT2D eigenvalue weighted by Gasteiger charge is 2.18. The van der Waals surface area contributed by atoms with Crippen LogP contribution in [0.2, 0.25) is 0 Å². The number of hydrogen-bond acceptors (Lipinski definition) is 4. The topological polar surface area (TPSA) is 42.4 Å². The first-order valence-corrected chi connectivity index (χ1v) is 15.5. The molecular weight excluding hydrogens is 564 g/mol. The van der Waals surface area contributed by atoms with E-state index >= 15 is 0 Å². The van der Waals surface area contributed by atoms with Crippen molar-refractivity contribution in [3.63, 3.8) is 0 Å². The lowest BCUT2D eigenvalue weighted by Gasteiger charge is -2.26. The van der Waals surface area contributed by atoms with Crippen LogP contribution >= 0.6 is 0 Å². The van der Waals surface area contributed by atoms with E-state index in [0.717, 1.165) is 67.6 Å². The largest absolute Gasteiger partial charge is 0.456 e. The summed E-state index contributed by atoms with van der Waals surface area (Å²) in [5.41, 5.74) is 12.3. The molecule has 8 aromatic rings. The number of furan rings is 1. The van der Waals surface area contributed by atoms with Crippen molar-refractivity contribution in [2.75, 3.05) is 4.90 Å². The van der Waals surface area contributed by atoms with Gasteiger partial charge in [-0.2, -0.15) is 0 Å². The molecule has 218 valence electrons. The molecule has 0 saturated heterocycles. The molecular formula is C42H28N2O2. The Morgan fingerprint density at radius 2 is 1.33 bits per heavy atom. The molecule has 0 spiro atoms. The first kappa shape index (κ1) is 26.3. The van der Waals surface area contributed by atoms with E-state index in [1.165, 1.54) is 11.1 Å². The van der Waals surface area contributed by atoms with E-state index in [9.17, 15) is 0 Å². The van der Waals surface area contributed by atoms with Gasteiger partial charge in [-0.25, -0.2) is 4.98 Å². The summed E-state index contributed by atoms with van der Waals surface area (Å²) in [7, 11) is 0. The molecule has 4 heteroatoms. The zero-order chi connectivity index (χ0) is 30.5. The lowest BCUT2D eigenvalue weighted by molar-refractivity contribution is 0.617. The van der Waals surface area contributed by atoms with Crippen LogP contribution in [0.15, 0.2) is 166 Å². The van der Waals surface area contributed by atoms with Gasteiger partial charge >= 0.3 is 0 Å². The van der Waals surface area contributed by atoms with Gasteiger partial charge in [-0.1, -0.05) is 97.1 Å². The summed E-state index contributed by atoms with van der Waals surface area (Å²) in [5.74, 6) is 0.605. The van der Waals surface area contributed by atoms with Crippen molar-refractivity contribution < 1.29 is 8.83 Å². The predicted molar refractivity (Wildman–Crippen MR) is 188 cm³/mol. The molecule has 2 heterocycles. The zero-order valence-electron chi connectivity index (χ0n) is 24.9. The molecule has 0 unspecified atom stereocenters. The van der Waals surface area contributed by atoms with Gasteiger partial charge in [0.1, 0.15) is 16.7 Å². The van der Waals surface area contributed by atoms with E-state index in [4.69, 9.17) is 13.8 Å². The molecule has 0 fully saturated rings. The monoisotopic (exact) mass is 592 g/mol. The maximum atomic E-state index is 6.36. The molecule has 2 aromatic heterocycles. The van der Waals surface area contributed by atoms with Gasteiger partial charge < -0.3 is 13.7 Å². The van der Waals surface area contributed by atoms with Crippen LogP contribution in [-0.4, -0.2) is 4.98 Å². The second-order valence-corrected chi connectivity index (χ2v) is 11.6. The van der Waals surface area contributed by atoms with Gasteiger partial charge in [-0.05, 0) is 83.3 Å². The van der Waals surface area contributed by atoms with Crippen molar-refractivity contribution in [2.24, 2.45) is 0 Å². The van der Waals surface area contributed by atoms with E-state index < -0.39 is 0 Å². The molecule has 0 amide bonds. The summed E-state index contributed by atoms with van der Waals surface area (Å²) < 4.78 is 12.5. The van der Waals surface area contributed by atoms with Gasteiger partial charge in [-0.15, -0.1) is 0 Å². The van der Waals surface area contributed by atoms with Crippen molar-refractivity contribution in [2.45, 2.75) is 6.42 Å². The third kappa shape index (κ3) is 4.51. The highest BCUT2D eigenvalue weighted by Crippen LogP contribution is 2.40. The highest BCUT2D eigenvalue weighted by atomic mass is 16.4. The second kappa shape index (κ2) is 10.8. The van der Waals surface area contributed by atoms with Crippen LogP contribution in [0.1, 0.15) is 11.1 Å². The van der Waals surface area contributed by atoms with Crippen molar-refractivity contribution in [1.29, 1.82) is 0 Å². The Morgan fingerprint density at radius 1 is 0.565 bits per heavy atom. The maximum Gasteiger partial charge on any atom is 0.227 e. The first-order valence-electron chi connectivity index (χ1n) is 15.5. The third-order valence-corrected chi connectivity index (χ3v) is 8.75. The van der Waals surface area contributed by atoms with Crippen LogP contribution in [0.4, 0.5) is 11.4 Å². The van der Waals surface area contributed by atoms with E-state index in [1.807, 2.05) is 42.5 Å². The van der Waals surface area contributed by atoms with Crippen LogP contribution < -0.4 is 4.90 Å². The number of hydrogen-bond donors (Lipinski definition) is 0. The summed E-state index contributed by atoms with van der Waals surface area (Å²) in [6.45, 7) is 0. The normalized spacial score (nSPS) is 12.7. The molecule has 1 aliphatic carbocycles. The molecule has 0 radical (unpaired) electrons. The van der Waals surface area contributed by atoms with E-state index in [0.29, 0.717) is 11.5 Å². The van der Waals surface area contributed by atoms with Crippen LogP contribution in [-0.2, 0) is 6.42 Å². The number of fused-ring (bicyclic) bond motifs is 5. The Bertz CT molecular complexity index is 2430. The minimum absolute atomic E-state index is 0.605.